The van der Waals surface area contributed by atoms with E-state index in [0.717, 1.165) is 10.6 Å². The van der Waals surface area contributed by atoms with Crippen LogP contribution in [0.25, 0.3) is 0 Å². The number of amides is 2. The average Bonchev–Trinajstić information content (AvgIpc) is 3.16. The van der Waals surface area contributed by atoms with E-state index < -0.39 is 28.2 Å². The summed E-state index contributed by atoms with van der Waals surface area (Å²) in [4.78, 5) is 23.7. The number of hydrogen-bond acceptors (Lipinski definition) is 6. The summed E-state index contributed by atoms with van der Waals surface area (Å²) < 4.78 is 34.5. The molecule has 0 bridgehead atoms. The Hall–Kier alpha value is -2.01. The number of hydrogen-bond donors (Lipinski definition) is 1. The molecule has 0 aromatic heterocycles. The largest absolute Gasteiger partial charge is 0.730 e. The van der Waals surface area contributed by atoms with Crippen molar-refractivity contribution in [2.75, 3.05) is 39.8 Å². The Kier molecular flexibility index (Phi) is 15.7. The quantitative estimate of drug-likeness (QED) is 0.245. The van der Waals surface area contributed by atoms with Gasteiger partial charge in [-0.15, -0.1) is 0 Å². The maximum absolute atomic E-state index is 11.8. The summed E-state index contributed by atoms with van der Waals surface area (Å²) in [6, 6.07) is 7.85. The van der Waals surface area contributed by atoms with E-state index in [4.69, 9.17) is 0 Å². The third-order valence-electron chi connectivity index (χ3n) is 6.94. The van der Waals surface area contributed by atoms with Crippen molar-refractivity contribution < 1.29 is 27.0 Å². The van der Waals surface area contributed by atoms with Crippen molar-refractivity contribution in [1.82, 2.24) is 14.7 Å². The molecule has 1 saturated heterocycles. The van der Waals surface area contributed by atoms with Crippen LogP contribution < -0.4 is 5.32 Å². The summed E-state index contributed by atoms with van der Waals surface area (Å²) in [5.74, 6) is -1.37. The summed E-state index contributed by atoms with van der Waals surface area (Å²) >= 11 is 0. The van der Waals surface area contributed by atoms with E-state index in [2.05, 4.69) is 33.0 Å². The molecule has 0 aliphatic carbocycles. The van der Waals surface area contributed by atoms with Crippen LogP contribution in [0.5, 0.6) is 0 Å². The van der Waals surface area contributed by atoms with Crippen molar-refractivity contribution in [3.8, 4) is 0 Å². The molecule has 1 aliphatic rings. The number of carbonyl (C=O) groups is 2. The lowest BCUT2D eigenvalue weighted by Crippen LogP contribution is -2.50. The summed E-state index contributed by atoms with van der Waals surface area (Å²) in [5, 5.41) is 3.40. The van der Waals surface area contributed by atoms with Gasteiger partial charge in [-0.3, -0.25) is 9.59 Å². The third-order valence-corrected chi connectivity index (χ3v) is 7.82. The van der Waals surface area contributed by atoms with Gasteiger partial charge in [-0.2, -0.15) is 4.41 Å². The Labute approximate surface area is 231 Å². The van der Waals surface area contributed by atoms with Gasteiger partial charge < -0.3 is 14.4 Å². The molecular formula is C28H50N4O5S. The average molecular weight is 555 g/mol. The molecule has 10 heteroatoms. The second-order valence-corrected chi connectivity index (χ2v) is 11.5. The van der Waals surface area contributed by atoms with E-state index in [9.17, 15) is 22.6 Å². The van der Waals surface area contributed by atoms with Gasteiger partial charge in [0.15, 0.2) is 0 Å². The molecule has 0 saturated carbocycles. The van der Waals surface area contributed by atoms with E-state index in [0.29, 0.717) is 0 Å². The number of benzene rings is 1. The number of nitrogens with zero attached hydrogens (tertiary/aromatic N) is 3. The molecule has 1 unspecified atom stereocenters. The van der Waals surface area contributed by atoms with Crippen LogP contribution in [0.4, 0.5) is 0 Å². The van der Waals surface area contributed by atoms with Crippen molar-refractivity contribution in [3.05, 3.63) is 35.9 Å². The van der Waals surface area contributed by atoms with Crippen LogP contribution in [-0.2, 0) is 26.3 Å². The van der Waals surface area contributed by atoms with Crippen LogP contribution in [0.3, 0.4) is 0 Å². The first-order chi connectivity index (χ1) is 18.0. The Bertz CT molecular complexity index is 889. The van der Waals surface area contributed by atoms with Crippen LogP contribution in [-0.4, -0.2) is 84.5 Å². The van der Waals surface area contributed by atoms with Gasteiger partial charge in [0.05, 0.1) is 32.6 Å². The Morgan fingerprint density at radius 3 is 1.74 bits per heavy atom. The van der Waals surface area contributed by atoms with Gasteiger partial charge in [-0.25, -0.2) is 13.4 Å². The first kappa shape index (κ1) is 34.0. The molecule has 1 N–H and O–H groups in total. The summed E-state index contributed by atoms with van der Waals surface area (Å²) in [6.07, 6.45) is 11.1. The van der Waals surface area contributed by atoms with E-state index >= 15 is 0 Å². The fourth-order valence-electron chi connectivity index (χ4n) is 4.78. The number of nitrogens with one attached hydrogen (secondary N) is 1. The molecule has 9 nitrogen and oxygen atoms in total. The highest BCUT2D eigenvalue weighted by Gasteiger charge is 2.40. The molecule has 1 aliphatic heterocycles. The summed E-state index contributed by atoms with van der Waals surface area (Å²) in [6.45, 7) is 14.9. The van der Waals surface area contributed by atoms with Crippen LogP contribution in [0.15, 0.2) is 30.3 Å². The standard InChI is InChI=1S/C16H36N.C12H15N3O5S/c1-5-9-13-17(14-10-6-2,15-11-7-3)16-12-8-4;1-14-8-10(12(17)15(14)21(18,19)20)13-11(16)7-9-5-3-2-4-6-9/h5-16H2,1-4H3;2-6,10H,7-8H2,1H3,(H,13,16)(H,18,19,20)/q+1;/p-1. The van der Waals surface area contributed by atoms with Crippen molar-refractivity contribution in [1.29, 1.82) is 0 Å². The van der Waals surface area contributed by atoms with Crippen LogP contribution >= 0.6 is 0 Å². The van der Waals surface area contributed by atoms with E-state index in [1.165, 1.54) is 89.1 Å². The summed E-state index contributed by atoms with van der Waals surface area (Å²) in [5.41, 5.74) is 0.766. The van der Waals surface area contributed by atoms with E-state index in [-0.39, 0.29) is 17.4 Å². The predicted molar refractivity (Wildman–Crippen MR) is 151 cm³/mol. The molecule has 2 rings (SSSR count). The van der Waals surface area contributed by atoms with Crippen LogP contribution in [0, 0.1) is 0 Å². The third kappa shape index (κ3) is 11.8. The van der Waals surface area contributed by atoms with Gasteiger partial charge in [0.25, 0.3) is 5.91 Å². The highest BCUT2D eigenvalue weighted by molar-refractivity contribution is 7.83. The molecule has 1 fully saturated rings. The lowest BCUT2D eigenvalue weighted by atomic mass is 10.1. The lowest BCUT2D eigenvalue weighted by Gasteiger charge is -2.39. The molecule has 1 aromatic rings. The maximum Gasteiger partial charge on any atom is 0.274 e. The lowest BCUT2D eigenvalue weighted by molar-refractivity contribution is -0.929. The minimum absolute atomic E-state index is 0.0679. The second-order valence-electron chi connectivity index (χ2n) is 10.3. The fourth-order valence-corrected chi connectivity index (χ4v) is 5.53. The molecule has 1 aromatic carbocycles. The normalized spacial score (nSPS) is 16.3. The van der Waals surface area contributed by atoms with E-state index in [1.54, 1.807) is 24.3 Å². The molecule has 0 radical (unpaired) electrons. The highest BCUT2D eigenvalue weighted by Crippen LogP contribution is 2.17. The SMILES string of the molecule is CCCC[N+](CCCC)(CCCC)CCCC.CN1CC(NC(=O)Cc2ccccc2)C(=O)N1S(=O)(=O)[O-]. The van der Waals surface area contributed by atoms with Crippen LogP contribution in [0.1, 0.15) is 84.6 Å². The number of unbranched alkanes of at least 4 members (excludes halogenated alkanes) is 4. The van der Waals surface area contributed by atoms with Crippen molar-refractivity contribution in [2.24, 2.45) is 0 Å². The molecule has 218 valence electrons. The smallest absolute Gasteiger partial charge is 0.274 e. The topological polar surface area (TPSA) is 110 Å². The number of hydrazine groups is 1. The van der Waals surface area contributed by atoms with Gasteiger partial charge in [-0.1, -0.05) is 83.7 Å². The van der Waals surface area contributed by atoms with Gasteiger partial charge in [0.2, 0.25) is 16.2 Å². The van der Waals surface area contributed by atoms with Gasteiger partial charge in [0.1, 0.15) is 6.04 Å². The van der Waals surface area contributed by atoms with Crippen molar-refractivity contribution in [2.45, 2.75) is 91.5 Å². The maximum atomic E-state index is 11.8. The molecule has 2 amide bonds. The first-order valence-corrected chi connectivity index (χ1v) is 15.6. The predicted octanol–water partition coefficient (Wildman–Crippen LogP) is 3.87. The summed E-state index contributed by atoms with van der Waals surface area (Å²) in [7, 11) is -3.63. The van der Waals surface area contributed by atoms with Gasteiger partial charge >= 0.3 is 0 Å². The fraction of sp³-hybridized carbons (Fsp3) is 0.714. The Morgan fingerprint density at radius 1 is 0.921 bits per heavy atom. The Balaban J connectivity index is 0.000000391. The zero-order valence-electron chi connectivity index (χ0n) is 24.2. The zero-order valence-corrected chi connectivity index (χ0v) is 25.0. The second kappa shape index (κ2) is 17.6. The van der Waals surface area contributed by atoms with E-state index in [1.807, 2.05) is 6.07 Å². The van der Waals surface area contributed by atoms with Gasteiger partial charge in [0, 0.05) is 13.6 Å². The molecule has 0 spiro atoms. The molecule has 1 atom stereocenters. The Morgan fingerprint density at radius 2 is 1.37 bits per heavy atom. The molecule has 38 heavy (non-hydrogen) atoms. The minimum atomic E-state index is -4.92. The highest BCUT2D eigenvalue weighted by atomic mass is 32.2. The minimum Gasteiger partial charge on any atom is -0.730 e. The number of rotatable bonds is 16. The number of quaternary nitrogens is 1. The monoisotopic (exact) mass is 554 g/mol. The van der Waals surface area contributed by atoms with Crippen molar-refractivity contribution >= 4 is 22.1 Å². The van der Waals surface area contributed by atoms with Crippen molar-refractivity contribution in [3.63, 3.8) is 0 Å². The zero-order chi connectivity index (χ0) is 28.6. The first-order valence-electron chi connectivity index (χ1n) is 14.2. The van der Waals surface area contributed by atoms with Gasteiger partial charge in [-0.05, 0) is 31.2 Å². The molecular weight excluding hydrogens is 504 g/mol. The van der Waals surface area contributed by atoms with Crippen LogP contribution in [0.2, 0.25) is 0 Å². The molecule has 1 heterocycles. The number of carbonyl (C=O) groups excluding carboxylic acids is 2. The number of likely N-dealkylation sites (N-methyl/N-ethyl adjacent to an activating group) is 1.